The zero-order valence-corrected chi connectivity index (χ0v) is 14.1. The first-order valence-electron chi connectivity index (χ1n) is 6.80. The Morgan fingerprint density at radius 1 is 1.39 bits per heavy atom. The summed E-state index contributed by atoms with van der Waals surface area (Å²) in [6, 6.07) is -0.561. The Morgan fingerprint density at radius 3 is 2.57 bits per heavy atom. The Bertz CT molecular complexity index is 511. The lowest BCUT2D eigenvalue weighted by Crippen LogP contribution is -2.53. The number of nitrogens with one attached hydrogen (secondary N) is 2. The van der Waals surface area contributed by atoms with Gasteiger partial charge in [0.05, 0.1) is 25.6 Å². The molecule has 2 amide bonds. The van der Waals surface area contributed by atoms with E-state index in [0.29, 0.717) is 0 Å². The number of methoxy groups -OCH3 is 2. The number of sulfonamides is 1. The summed E-state index contributed by atoms with van der Waals surface area (Å²) >= 11 is 0. The molecule has 23 heavy (non-hydrogen) atoms. The van der Waals surface area contributed by atoms with Crippen LogP contribution in [0.5, 0.6) is 0 Å². The van der Waals surface area contributed by atoms with Crippen molar-refractivity contribution in [1.29, 1.82) is 0 Å². The van der Waals surface area contributed by atoms with E-state index in [4.69, 9.17) is 14.2 Å². The summed E-state index contributed by atoms with van der Waals surface area (Å²) in [5.74, 6) is 0. The van der Waals surface area contributed by atoms with Crippen molar-refractivity contribution in [2.75, 3.05) is 40.2 Å². The molecule has 0 fully saturated rings. The number of ether oxygens (including phenoxy) is 3. The van der Waals surface area contributed by atoms with Gasteiger partial charge in [-0.15, -0.1) is 0 Å². The number of hydrogen-bond acceptors (Lipinski definition) is 7. The predicted molar refractivity (Wildman–Crippen MR) is 80.8 cm³/mol. The molecule has 1 aliphatic heterocycles. The highest BCUT2D eigenvalue weighted by Gasteiger charge is 2.29. The summed E-state index contributed by atoms with van der Waals surface area (Å²) in [7, 11) is -0.494. The van der Waals surface area contributed by atoms with E-state index < -0.39 is 34.6 Å². The van der Waals surface area contributed by atoms with E-state index in [-0.39, 0.29) is 19.8 Å². The van der Waals surface area contributed by atoms with Crippen LogP contribution in [-0.2, 0) is 24.2 Å². The molecule has 0 saturated heterocycles. The molecular weight excluding hydrogens is 330 g/mol. The van der Waals surface area contributed by atoms with Crippen LogP contribution in [0.1, 0.15) is 0 Å². The third kappa shape index (κ3) is 7.24. The number of aliphatic hydroxyl groups is 1. The fourth-order valence-corrected chi connectivity index (χ4v) is 2.33. The van der Waals surface area contributed by atoms with Crippen LogP contribution in [0.2, 0.25) is 0 Å². The monoisotopic (exact) mass is 353 g/mol. The van der Waals surface area contributed by atoms with Gasteiger partial charge in [-0.05, 0) is 6.08 Å². The molecule has 11 heteroatoms. The lowest BCUT2D eigenvalue weighted by atomic mass is 10.3. The second kappa shape index (κ2) is 9.15. The maximum absolute atomic E-state index is 11.9. The van der Waals surface area contributed by atoms with E-state index in [2.05, 4.69) is 10.0 Å². The second-order valence-corrected chi connectivity index (χ2v) is 6.72. The quantitative estimate of drug-likeness (QED) is 0.432. The molecule has 0 aromatic heterocycles. The minimum absolute atomic E-state index is 0.0192. The Balaban J connectivity index is 2.77. The highest BCUT2D eigenvalue weighted by atomic mass is 32.2. The molecule has 0 spiro atoms. The van der Waals surface area contributed by atoms with Gasteiger partial charge in [-0.3, -0.25) is 4.90 Å². The molecule has 10 nitrogen and oxygen atoms in total. The largest absolute Gasteiger partial charge is 0.382 e. The van der Waals surface area contributed by atoms with Crippen LogP contribution in [0.4, 0.5) is 4.79 Å². The SMILES string of the molecule is COC[C@@H](CNS(C)(=O)=O)O[C@H](COC)N1C=CC(O)NC1=O. The van der Waals surface area contributed by atoms with Crippen molar-refractivity contribution in [3.63, 3.8) is 0 Å². The van der Waals surface area contributed by atoms with Gasteiger partial charge in [0.15, 0.2) is 6.23 Å². The standard InChI is InChI=1S/C12H23N3O7S/c1-20-7-9(6-13-23(3,18)19)22-11(8-21-2)15-5-4-10(16)14-12(15)17/h4-5,9-11,13,16H,6-8H2,1-3H3,(H,14,17)/t9-,10?,11-/m1/s1. The molecule has 0 radical (unpaired) electrons. The third-order valence-corrected chi connectivity index (χ3v) is 3.52. The fourth-order valence-electron chi connectivity index (χ4n) is 1.84. The molecule has 1 aliphatic rings. The summed E-state index contributed by atoms with van der Waals surface area (Å²) in [6.07, 6.45) is 1.26. The Hall–Kier alpha value is -1.24. The summed E-state index contributed by atoms with van der Waals surface area (Å²) in [6.45, 7) is 0.145. The number of nitrogens with zero attached hydrogens (tertiary/aromatic N) is 1. The molecule has 0 aromatic carbocycles. The van der Waals surface area contributed by atoms with Gasteiger partial charge >= 0.3 is 6.03 Å². The Kier molecular flexibility index (Phi) is 7.88. The number of amides is 2. The summed E-state index contributed by atoms with van der Waals surface area (Å²) < 4.78 is 40.5. The normalized spacial score (nSPS) is 21.1. The summed E-state index contributed by atoms with van der Waals surface area (Å²) in [5, 5.41) is 11.6. The third-order valence-electron chi connectivity index (χ3n) is 2.83. The van der Waals surface area contributed by atoms with E-state index in [1.54, 1.807) is 0 Å². The van der Waals surface area contributed by atoms with Crippen molar-refractivity contribution in [1.82, 2.24) is 14.9 Å². The molecule has 0 aliphatic carbocycles. The first kappa shape index (κ1) is 19.8. The molecule has 134 valence electrons. The molecule has 0 saturated carbocycles. The van der Waals surface area contributed by atoms with Crippen LogP contribution < -0.4 is 10.0 Å². The summed E-state index contributed by atoms with van der Waals surface area (Å²) in [4.78, 5) is 13.1. The average Bonchev–Trinajstić information content (AvgIpc) is 2.44. The van der Waals surface area contributed by atoms with E-state index >= 15 is 0 Å². The van der Waals surface area contributed by atoms with Gasteiger partial charge in [0.25, 0.3) is 0 Å². The zero-order chi connectivity index (χ0) is 17.5. The average molecular weight is 353 g/mol. The van der Waals surface area contributed by atoms with Gasteiger partial charge in [0, 0.05) is 27.0 Å². The number of urea groups is 1. The van der Waals surface area contributed by atoms with Crippen LogP contribution in [-0.4, -0.2) is 83.2 Å². The first-order valence-corrected chi connectivity index (χ1v) is 8.69. The topological polar surface area (TPSA) is 126 Å². The number of carbonyl (C=O) groups is 1. The smallest absolute Gasteiger partial charge is 0.325 e. The Labute approximate surface area is 135 Å². The van der Waals surface area contributed by atoms with E-state index in [1.165, 1.54) is 31.4 Å². The van der Waals surface area contributed by atoms with Crippen molar-refractivity contribution in [2.45, 2.75) is 18.6 Å². The van der Waals surface area contributed by atoms with Crippen molar-refractivity contribution >= 4 is 16.1 Å². The van der Waals surface area contributed by atoms with Gasteiger partial charge in [-0.1, -0.05) is 0 Å². The maximum Gasteiger partial charge on any atom is 0.325 e. The van der Waals surface area contributed by atoms with Gasteiger partial charge in [0.1, 0.15) is 6.23 Å². The molecule has 0 bridgehead atoms. The van der Waals surface area contributed by atoms with E-state index in [9.17, 15) is 18.3 Å². The number of rotatable bonds is 10. The molecule has 3 N–H and O–H groups in total. The fraction of sp³-hybridized carbons (Fsp3) is 0.750. The molecule has 1 unspecified atom stereocenters. The highest BCUT2D eigenvalue weighted by molar-refractivity contribution is 7.88. The van der Waals surface area contributed by atoms with Crippen LogP contribution in [0.25, 0.3) is 0 Å². The predicted octanol–water partition coefficient (Wildman–Crippen LogP) is -1.60. The molecule has 3 atom stereocenters. The van der Waals surface area contributed by atoms with Crippen LogP contribution in [0.15, 0.2) is 12.3 Å². The van der Waals surface area contributed by atoms with E-state index in [0.717, 1.165) is 6.26 Å². The molecule has 1 rings (SSSR count). The van der Waals surface area contributed by atoms with Crippen molar-refractivity contribution < 1.29 is 32.5 Å². The van der Waals surface area contributed by atoms with Crippen LogP contribution in [0, 0.1) is 0 Å². The van der Waals surface area contributed by atoms with Gasteiger partial charge in [0.2, 0.25) is 10.0 Å². The van der Waals surface area contributed by atoms with Crippen molar-refractivity contribution in [3.8, 4) is 0 Å². The van der Waals surface area contributed by atoms with Gasteiger partial charge in [-0.2, -0.15) is 0 Å². The van der Waals surface area contributed by atoms with Crippen LogP contribution in [0.3, 0.4) is 0 Å². The first-order chi connectivity index (χ1) is 10.8. The molecule has 0 aromatic rings. The number of aliphatic hydroxyl groups excluding tert-OH is 1. The molecule has 1 heterocycles. The van der Waals surface area contributed by atoms with Crippen LogP contribution >= 0.6 is 0 Å². The maximum atomic E-state index is 11.9. The second-order valence-electron chi connectivity index (χ2n) is 4.89. The molecular formula is C12H23N3O7S. The van der Waals surface area contributed by atoms with E-state index in [1.807, 2.05) is 0 Å². The minimum atomic E-state index is -3.39. The summed E-state index contributed by atoms with van der Waals surface area (Å²) in [5.41, 5.74) is 0. The van der Waals surface area contributed by atoms with Gasteiger partial charge in [-0.25, -0.2) is 17.9 Å². The minimum Gasteiger partial charge on any atom is -0.382 e. The highest BCUT2D eigenvalue weighted by Crippen LogP contribution is 2.11. The lowest BCUT2D eigenvalue weighted by molar-refractivity contribution is -0.114. The lowest BCUT2D eigenvalue weighted by Gasteiger charge is -2.34. The zero-order valence-electron chi connectivity index (χ0n) is 13.3. The number of carbonyl (C=O) groups excluding carboxylic acids is 1. The van der Waals surface area contributed by atoms with Crippen molar-refractivity contribution in [2.24, 2.45) is 0 Å². The van der Waals surface area contributed by atoms with Gasteiger partial charge < -0.3 is 24.6 Å². The van der Waals surface area contributed by atoms with Crippen molar-refractivity contribution in [3.05, 3.63) is 12.3 Å². The Morgan fingerprint density at radius 2 is 2.04 bits per heavy atom. The number of hydrogen-bond donors (Lipinski definition) is 3.